The monoisotopic (exact) mass is 505 g/mol. The van der Waals surface area contributed by atoms with Crippen LogP contribution in [-0.2, 0) is 4.79 Å². The van der Waals surface area contributed by atoms with Crippen LogP contribution < -0.4 is 4.72 Å². The van der Waals surface area contributed by atoms with Gasteiger partial charge in [0.25, 0.3) is 0 Å². The topological polar surface area (TPSA) is 29.1 Å². The number of rotatable bonds is 9. The zero-order chi connectivity index (χ0) is 28.1. The number of fused-ring (bicyclic) bond motifs is 1. The van der Waals surface area contributed by atoms with Gasteiger partial charge in [0.05, 0.1) is 0 Å². The average molecular weight is 506 g/mol. The van der Waals surface area contributed by atoms with Crippen molar-refractivity contribution in [3.05, 3.63) is 54.6 Å². The van der Waals surface area contributed by atoms with Crippen LogP contribution in [0.3, 0.4) is 0 Å². The first kappa shape index (κ1) is 40.3. The molecule has 0 unspecified atom stereocenters. The van der Waals surface area contributed by atoms with Crippen molar-refractivity contribution in [2.24, 2.45) is 0 Å². The molecule has 0 aromatic heterocycles. The van der Waals surface area contributed by atoms with Crippen LogP contribution in [0.1, 0.15) is 105 Å². The van der Waals surface area contributed by atoms with Crippen LogP contribution in [0.15, 0.2) is 53.9 Å². The van der Waals surface area contributed by atoms with E-state index in [-0.39, 0.29) is 0 Å². The molecule has 0 atom stereocenters. The molecule has 2 aromatic carbocycles. The minimum Gasteiger partial charge on any atom is -0.307 e. The Morgan fingerprint density at radius 2 is 1.17 bits per heavy atom. The second-order valence-corrected chi connectivity index (χ2v) is 10.1. The van der Waals surface area contributed by atoms with Gasteiger partial charge in [-0.15, -0.1) is 16.0 Å². The third-order valence-corrected chi connectivity index (χ3v) is 6.89. The predicted molar refractivity (Wildman–Crippen MR) is 172 cm³/mol. The van der Waals surface area contributed by atoms with Crippen LogP contribution in [0.5, 0.6) is 0 Å². The summed E-state index contributed by atoms with van der Waals surface area (Å²) in [5.74, 6) is 8.40. The molecule has 0 bridgehead atoms. The highest BCUT2D eigenvalue weighted by molar-refractivity contribution is 8.26. The van der Waals surface area contributed by atoms with Crippen LogP contribution in [0.4, 0.5) is 0 Å². The highest BCUT2D eigenvalue weighted by Crippen LogP contribution is 2.34. The van der Waals surface area contributed by atoms with Gasteiger partial charge in [-0.25, -0.2) is 0 Å². The smallest absolute Gasteiger partial charge is 0.106 e. The second-order valence-electron chi connectivity index (χ2n) is 7.48. The quantitative estimate of drug-likeness (QED) is 0.208. The Labute approximate surface area is 221 Å². The average Bonchev–Trinajstić information content (AvgIpc) is 2.92. The van der Waals surface area contributed by atoms with Gasteiger partial charge in [-0.2, -0.15) is 0 Å². The van der Waals surface area contributed by atoms with Crippen LogP contribution in [0, 0.1) is 6.92 Å². The number of allylic oxidation sites excluding steroid dienone is 1. The third-order valence-electron chi connectivity index (χ3n) is 4.91. The number of aryl methyl sites for hydroxylation is 1. The molecule has 0 fully saturated rings. The summed E-state index contributed by atoms with van der Waals surface area (Å²) in [5, 5.41) is 2.55. The van der Waals surface area contributed by atoms with Gasteiger partial charge >= 0.3 is 0 Å². The van der Waals surface area contributed by atoms with E-state index in [2.05, 4.69) is 87.1 Å². The zero-order valence-corrected chi connectivity index (χ0v) is 25.7. The van der Waals surface area contributed by atoms with Crippen molar-refractivity contribution in [1.82, 2.24) is 4.72 Å². The molecule has 1 N–H and O–H groups in total. The van der Waals surface area contributed by atoms with E-state index in [1.807, 2.05) is 47.6 Å². The van der Waals surface area contributed by atoms with Crippen molar-refractivity contribution in [3.63, 3.8) is 0 Å². The summed E-state index contributed by atoms with van der Waals surface area (Å²) in [4.78, 5) is 9.22. The Balaban J connectivity index is -0.000000215. The standard InChI is InChI=1S/C14H17NS.C9H20.C4H8.2C2H6.CH2O/c1-11-7-5-9-13-12(11)8-6-10-14(13)16(3,4)15-2;1-3-5-7-9-8-6-4-2;1-3-4-2;3*1-2/h5-10,15H,3-4H2,1-2H3;3-9H2,1-2H3;3H,1,4H2,2H3;2*1-2H3;1H2. The van der Waals surface area contributed by atoms with E-state index >= 15 is 0 Å². The summed E-state index contributed by atoms with van der Waals surface area (Å²) in [5.41, 5.74) is 1.30. The maximum atomic E-state index is 8.00. The van der Waals surface area contributed by atoms with Crippen LogP contribution in [0.2, 0.25) is 0 Å². The third kappa shape index (κ3) is 20.1. The van der Waals surface area contributed by atoms with Crippen molar-refractivity contribution in [2.45, 2.75) is 112 Å². The number of carbonyl (C=O) groups excluding carboxylic acids is 1. The van der Waals surface area contributed by atoms with Crippen molar-refractivity contribution < 1.29 is 4.79 Å². The first-order chi connectivity index (χ1) is 16.9. The van der Waals surface area contributed by atoms with Crippen LogP contribution >= 0.6 is 9.39 Å². The minimum absolute atomic E-state index is 1.08. The molecule has 2 nitrogen and oxygen atoms in total. The lowest BCUT2D eigenvalue weighted by Gasteiger charge is -2.16. The normalized spacial score (nSPS) is 9.17. The lowest BCUT2D eigenvalue weighted by Crippen LogP contribution is -2.01. The van der Waals surface area contributed by atoms with Crippen molar-refractivity contribution in [2.75, 3.05) is 7.05 Å². The molecule has 3 heteroatoms. The number of unbranched alkanes of at least 4 members (excludes halogenated alkanes) is 6. The van der Waals surface area contributed by atoms with E-state index in [9.17, 15) is 0 Å². The maximum Gasteiger partial charge on any atom is 0.106 e. The molecule has 2 rings (SSSR count). The van der Waals surface area contributed by atoms with Crippen molar-refractivity contribution >= 4 is 38.7 Å². The summed E-state index contributed by atoms with van der Waals surface area (Å²) in [6, 6.07) is 12.7. The molecular weight excluding hydrogens is 446 g/mol. The van der Waals surface area contributed by atoms with E-state index in [0.717, 1.165) is 6.42 Å². The van der Waals surface area contributed by atoms with Crippen molar-refractivity contribution in [3.8, 4) is 0 Å². The molecule has 0 saturated carbocycles. The largest absolute Gasteiger partial charge is 0.307 e. The SMILES string of the molecule is C=CCC.C=O.C=S(=C)(NC)c1cccc2c(C)cccc12.CC.CC.CCCCCCCCC. The maximum absolute atomic E-state index is 8.00. The summed E-state index contributed by atoms with van der Waals surface area (Å²) < 4.78 is 3.23. The lowest BCUT2D eigenvalue weighted by molar-refractivity contribution is -0.0979. The molecule has 0 spiro atoms. The zero-order valence-electron chi connectivity index (χ0n) is 24.8. The van der Waals surface area contributed by atoms with Gasteiger partial charge in [-0.3, -0.25) is 4.72 Å². The van der Waals surface area contributed by atoms with E-state index in [1.54, 1.807) is 0 Å². The summed E-state index contributed by atoms with van der Waals surface area (Å²) in [7, 11) is 0.529. The highest BCUT2D eigenvalue weighted by Gasteiger charge is 2.05. The Morgan fingerprint density at radius 3 is 1.57 bits per heavy atom. The molecule has 0 aliphatic rings. The molecule has 0 heterocycles. The number of hydrogen-bond donors (Lipinski definition) is 1. The fourth-order valence-corrected chi connectivity index (χ4v) is 4.08. The van der Waals surface area contributed by atoms with E-state index in [0.29, 0.717) is 0 Å². The van der Waals surface area contributed by atoms with E-state index < -0.39 is 9.39 Å². The summed E-state index contributed by atoms with van der Waals surface area (Å²) in [6.07, 6.45) is 12.9. The molecule has 35 heavy (non-hydrogen) atoms. The number of benzene rings is 2. The van der Waals surface area contributed by atoms with Gasteiger partial charge in [-0.05, 0) is 42.8 Å². The lowest BCUT2D eigenvalue weighted by atomic mass is 10.1. The first-order valence-corrected chi connectivity index (χ1v) is 15.4. The van der Waals surface area contributed by atoms with Gasteiger partial charge in [-0.1, -0.05) is 142 Å². The molecule has 0 amide bonds. The molecule has 0 aliphatic heterocycles. The highest BCUT2D eigenvalue weighted by atomic mass is 32.2. The first-order valence-electron chi connectivity index (χ1n) is 13.5. The molecule has 204 valence electrons. The van der Waals surface area contributed by atoms with Crippen molar-refractivity contribution in [1.29, 1.82) is 0 Å². The van der Waals surface area contributed by atoms with Crippen LogP contribution in [0.25, 0.3) is 10.8 Å². The summed E-state index contributed by atoms with van der Waals surface area (Å²) in [6.45, 7) is 22.2. The Hall–Kier alpha value is -1.84. The molecular formula is C32H59NOS. The van der Waals surface area contributed by atoms with Crippen LogP contribution in [-0.4, -0.2) is 25.6 Å². The van der Waals surface area contributed by atoms with Gasteiger partial charge < -0.3 is 4.79 Å². The van der Waals surface area contributed by atoms with E-state index in [4.69, 9.17) is 4.79 Å². The molecule has 0 saturated heterocycles. The fraction of sp³-hybridized carbons (Fsp3) is 0.531. The van der Waals surface area contributed by atoms with Gasteiger partial charge in [0.15, 0.2) is 0 Å². The second kappa shape index (κ2) is 30.2. The summed E-state index contributed by atoms with van der Waals surface area (Å²) >= 11 is 0. The molecule has 0 radical (unpaired) electrons. The van der Waals surface area contributed by atoms with Gasteiger partial charge in [0.1, 0.15) is 6.79 Å². The Morgan fingerprint density at radius 1 is 0.771 bits per heavy atom. The number of hydrogen-bond acceptors (Lipinski definition) is 2. The predicted octanol–water partition coefficient (Wildman–Crippen LogP) is 10.5. The van der Waals surface area contributed by atoms with Gasteiger partial charge in [0, 0.05) is 4.90 Å². The van der Waals surface area contributed by atoms with E-state index in [1.165, 1.54) is 66.2 Å². The molecule has 0 aliphatic carbocycles. The fourth-order valence-electron chi connectivity index (χ4n) is 2.92. The Bertz CT molecular complexity index is 803. The van der Waals surface area contributed by atoms with Gasteiger partial charge in [0.2, 0.25) is 0 Å². The number of nitrogens with one attached hydrogen (secondary N) is 1. The Kier molecular flexibility index (Phi) is 34.8. The number of carbonyl (C=O) groups is 1. The molecule has 2 aromatic rings. The minimum atomic E-state index is -1.39.